The molecule has 2 N–H and O–H groups in total. The number of carbonyl (C=O) groups excluding carboxylic acids is 1. The number of ether oxygens (including phenoxy) is 2. The molecule has 0 spiro atoms. The minimum Gasteiger partial charge on any atom is -0.378 e. The molecule has 0 radical (unpaired) electrons. The van der Waals surface area contributed by atoms with E-state index >= 15 is 0 Å². The second kappa shape index (κ2) is 10.7. The first-order valence-electron chi connectivity index (χ1n) is 12.4. The number of nitrogens with one attached hydrogen (secondary N) is 2. The van der Waals surface area contributed by atoms with Crippen LogP contribution in [0.1, 0.15) is 0 Å². The molecule has 6 rings (SSSR count). The molecule has 37 heavy (non-hydrogen) atoms. The number of nitrogens with zero attached hydrogens (tertiary/aromatic N) is 4. The molecular formula is C27H28N6O3S. The Bertz CT molecular complexity index is 1370. The van der Waals surface area contributed by atoms with Crippen molar-refractivity contribution >= 4 is 49.8 Å². The van der Waals surface area contributed by atoms with Gasteiger partial charge in [-0.25, -0.2) is 9.78 Å². The van der Waals surface area contributed by atoms with Gasteiger partial charge in [0, 0.05) is 38.1 Å². The molecule has 2 aromatic heterocycles. The number of urea groups is 1. The maximum Gasteiger partial charge on any atom is 0.323 e. The SMILES string of the molecule is O=C(Nc1ccc(-c2cc(N3CCOCC3)c3nc(N4CCOCC4)sc3c2)cc1)Nc1cccnc1. The summed E-state index contributed by atoms with van der Waals surface area (Å²) in [4.78, 5) is 26.1. The van der Waals surface area contributed by atoms with E-state index in [-0.39, 0.29) is 6.03 Å². The highest BCUT2D eigenvalue weighted by Crippen LogP contribution is 2.39. The number of pyridine rings is 1. The van der Waals surface area contributed by atoms with Crippen molar-refractivity contribution in [2.45, 2.75) is 0 Å². The van der Waals surface area contributed by atoms with Gasteiger partial charge in [0.25, 0.3) is 0 Å². The quantitative estimate of drug-likeness (QED) is 0.398. The van der Waals surface area contributed by atoms with Gasteiger partial charge in [0.2, 0.25) is 0 Å². The summed E-state index contributed by atoms with van der Waals surface area (Å²) < 4.78 is 12.3. The predicted molar refractivity (Wildman–Crippen MR) is 148 cm³/mol. The first kappa shape index (κ1) is 23.7. The molecule has 0 bridgehead atoms. The second-order valence-electron chi connectivity index (χ2n) is 8.94. The lowest BCUT2D eigenvalue weighted by Crippen LogP contribution is -2.36. The zero-order valence-corrected chi connectivity index (χ0v) is 21.2. The second-order valence-corrected chi connectivity index (χ2v) is 9.94. The molecule has 2 aliphatic heterocycles. The number of thiazole rings is 1. The first-order chi connectivity index (χ1) is 18.2. The van der Waals surface area contributed by atoms with Gasteiger partial charge in [-0.15, -0.1) is 0 Å². The number of fused-ring (bicyclic) bond motifs is 1. The number of carbonyl (C=O) groups is 1. The minimum absolute atomic E-state index is 0.308. The molecule has 2 saturated heterocycles. The number of aromatic nitrogens is 2. The van der Waals surface area contributed by atoms with Crippen molar-refractivity contribution in [3.63, 3.8) is 0 Å². The summed E-state index contributed by atoms with van der Waals surface area (Å²) in [5.74, 6) is 0. The summed E-state index contributed by atoms with van der Waals surface area (Å²) in [6, 6.07) is 15.6. The van der Waals surface area contributed by atoms with Crippen molar-refractivity contribution in [1.82, 2.24) is 9.97 Å². The van der Waals surface area contributed by atoms with Crippen LogP contribution in [-0.4, -0.2) is 68.6 Å². The maximum atomic E-state index is 12.4. The normalized spacial score (nSPS) is 16.1. The minimum atomic E-state index is -0.308. The van der Waals surface area contributed by atoms with Gasteiger partial charge in [0.15, 0.2) is 5.13 Å². The van der Waals surface area contributed by atoms with Crippen LogP contribution in [-0.2, 0) is 9.47 Å². The predicted octanol–water partition coefficient (Wildman–Crippen LogP) is 4.68. The molecular weight excluding hydrogens is 488 g/mol. The van der Waals surface area contributed by atoms with Crippen LogP contribution in [0.2, 0.25) is 0 Å². The monoisotopic (exact) mass is 516 g/mol. The van der Waals surface area contributed by atoms with E-state index in [1.54, 1.807) is 35.9 Å². The van der Waals surface area contributed by atoms with Crippen LogP contribution < -0.4 is 20.4 Å². The van der Waals surface area contributed by atoms with E-state index in [9.17, 15) is 4.79 Å². The third-order valence-electron chi connectivity index (χ3n) is 6.49. The van der Waals surface area contributed by atoms with E-state index in [0.717, 1.165) is 66.9 Å². The summed E-state index contributed by atoms with van der Waals surface area (Å²) in [7, 11) is 0. The Morgan fingerprint density at radius 3 is 2.24 bits per heavy atom. The van der Waals surface area contributed by atoms with Crippen molar-refractivity contribution in [3.8, 4) is 11.1 Å². The van der Waals surface area contributed by atoms with Gasteiger partial charge in [-0.2, -0.15) is 0 Å². The fraction of sp³-hybridized carbons (Fsp3) is 0.296. The van der Waals surface area contributed by atoms with Crippen LogP contribution in [0.15, 0.2) is 60.9 Å². The van der Waals surface area contributed by atoms with Gasteiger partial charge in [-0.3, -0.25) is 4.98 Å². The highest BCUT2D eigenvalue weighted by Gasteiger charge is 2.21. The molecule has 2 aromatic carbocycles. The third kappa shape index (κ3) is 5.36. The van der Waals surface area contributed by atoms with E-state index in [1.165, 1.54) is 4.70 Å². The van der Waals surface area contributed by atoms with Crippen molar-refractivity contribution in [2.75, 3.05) is 73.0 Å². The Morgan fingerprint density at radius 2 is 1.54 bits per heavy atom. The highest BCUT2D eigenvalue weighted by molar-refractivity contribution is 7.22. The fourth-order valence-electron chi connectivity index (χ4n) is 4.58. The Balaban J connectivity index is 1.27. The molecule has 9 nitrogen and oxygen atoms in total. The van der Waals surface area contributed by atoms with E-state index in [0.29, 0.717) is 24.6 Å². The summed E-state index contributed by atoms with van der Waals surface area (Å²) in [6.45, 7) is 6.32. The standard InChI is InChI=1S/C27H28N6O3S/c34-26(30-22-2-1-7-28-18-22)29-21-5-3-19(4-6-21)20-16-23(32-8-12-35-13-9-32)25-24(17-20)37-27(31-25)33-10-14-36-15-11-33/h1-7,16-18H,8-15H2,(H2,29,30,34). The molecule has 0 unspecified atom stereocenters. The van der Waals surface area contributed by atoms with Gasteiger partial charge in [-0.1, -0.05) is 23.5 Å². The Hall–Kier alpha value is -3.73. The number of rotatable bonds is 5. The molecule has 2 fully saturated rings. The van der Waals surface area contributed by atoms with Gasteiger partial charge in [0.1, 0.15) is 5.52 Å². The molecule has 4 aromatic rings. The lowest BCUT2D eigenvalue weighted by molar-refractivity contribution is 0.122. The summed E-state index contributed by atoms with van der Waals surface area (Å²) >= 11 is 1.73. The average molecular weight is 517 g/mol. The van der Waals surface area contributed by atoms with Gasteiger partial charge in [-0.05, 0) is 47.5 Å². The molecule has 0 atom stereocenters. The van der Waals surface area contributed by atoms with E-state index in [2.05, 4.69) is 37.6 Å². The molecule has 2 aliphatic rings. The van der Waals surface area contributed by atoms with Crippen molar-refractivity contribution in [2.24, 2.45) is 0 Å². The third-order valence-corrected chi connectivity index (χ3v) is 7.56. The van der Waals surface area contributed by atoms with Crippen molar-refractivity contribution < 1.29 is 14.3 Å². The molecule has 0 aliphatic carbocycles. The molecule has 0 saturated carbocycles. The number of benzene rings is 2. The smallest absolute Gasteiger partial charge is 0.323 e. The van der Waals surface area contributed by atoms with Crippen LogP contribution in [0, 0.1) is 0 Å². The molecule has 190 valence electrons. The number of morpholine rings is 2. The van der Waals surface area contributed by atoms with E-state index < -0.39 is 0 Å². The summed E-state index contributed by atoms with van der Waals surface area (Å²) in [6.07, 6.45) is 3.27. The Kier molecular flexibility index (Phi) is 6.85. The Morgan fingerprint density at radius 1 is 0.838 bits per heavy atom. The van der Waals surface area contributed by atoms with Crippen LogP contribution in [0.3, 0.4) is 0 Å². The zero-order valence-electron chi connectivity index (χ0n) is 20.4. The number of hydrogen-bond acceptors (Lipinski definition) is 8. The van der Waals surface area contributed by atoms with E-state index in [4.69, 9.17) is 14.5 Å². The maximum absolute atomic E-state index is 12.4. The van der Waals surface area contributed by atoms with Crippen molar-refractivity contribution in [3.05, 3.63) is 60.9 Å². The lowest BCUT2D eigenvalue weighted by atomic mass is 10.0. The van der Waals surface area contributed by atoms with Crippen LogP contribution in [0.4, 0.5) is 27.0 Å². The highest BCUT2D eigenvalue weighted by atomic mass is 32.1. The van der Waals surface area contributed by atoms with Gasteiger partial charge in [0.05, 0.1) is 48.7 Å². The molecule has 4 heterocycles. The average Bonchev–Trinajstić information content (AvgIpc) is 3.39. The van der Waals surface area contributed by atoms with E-state index in [1.807, 2.05) is 24.3 Å². The van der Waals surface area contributed by atoms with Crippen molar-refractivity contribution in [1.29, 1.82) is 0 Å². The number of amides is 2. The molecule has 10 heteroatoms. The number of anilines is 4. The fourth-order valence-corrected chi connectivity index (χ4v) is 5.66. The lowest BCUT2D eigenvalue weighted by Gasteiger charge is -2.29. The molecule has 2 amide bonds. The summed E-state index contributed by atoms with van der Waals surface area (Å²) in [5, 5.41) is 6.71. The van der Waals surface area contributed by atoms with Crippen LogP contribution in [0.5, 0.6) is 0 Å². The Labute approximate surface area is 219 Å². The van der Waals surface area contributed by atoms with Crippen LogP contribution >= 0.6 is 11.3 Å². The first-order valence-corrected chi connectivity index (χ1v) is 13.2. The largest absolute Gasteiger partial charge is 0.378 e. The van der Waals surface area contributed by atoms with Gasteiger partial charge < -0.3 is 29.9 Å². The number of hydrogen-bond donors (Lipinski definition) is 2. The summed E-state index contributed by atoms with van der Waals surface area (Å²) in [5.41, 5.74) is 5.74. The topological polar surface area (TPSA) is 91.9 Å². The van der Waals surface area contributed by atoms with Crippen LogP contribution in [0.25, 0.3) is 21.3 Å². The van der Waals surface area contributed by atoms with Gasteiger partial charge >= 0.3 is 6.03 Å². The zero-order chi connectivity index (χ0) is 25.0.